The maximum atomic E-state index is 13.5. The van der Waals surface area contributed by atoms with Crippen LogP contribution in [0.4, 0.5) is 5.69 Å². The van der Waals surface area contributed by atoms with Gasteiger partial charge in [0, 0.05) is 12.1 Å². The average Bonchev–Trinajstić information content (AvgIpc) is 3.29. The van der Waals surface area contributed by atoms with Gasteiger partial charge in [0.1, 0.15) is 11.8 Å². The van der Waals surface area contributed by atoms with E-state index < -0.39 is 17.4 Å². The molecule has 0 aliphatic carbocycles. The van der Waals surface area contributed by atoms with Crippen molar-refractivity contribution in [3.63, 3.8) is 0 Å². The van der Waals surface area contributed by atoms with Gasteiger partial charge in [-0.3, -0.25) is 19.3 Å². The summed E-state index contributed by atoms with van der Waals surface area (Å²) in [6.45, 7) is 6.28. The van der Waals surface area contributed by atoms with Crippen molar-refractivity contribution in [2.75, 3.05) is 11.9 Å². The first kappa shape index (κ1) is 19.0. The third kappa shape index (κ3) is 2.37. The van der Waals surface area contributed by atoms with E-state index >= 15 is 0 Å². The third-order valence-electron chi connectivity index (χ3n) is 7.29. The molecule has 3 N–H and O–H groups in total. The molecule has 0 radical (unpaired) electrons. The normalized spacial score (nSPS) is 29.5. The highest BCUT2D eigenvalue weighted by atomic mass is 16.2. The fourth-order valence-electron chi connectivity index (χ4n) is 5.62. The van der Waals surface area contributed by atoms with Crippen LogP contribution in [0.15, 0.2) is 42.5 Å². The van der Waals surface area contributed by atoms with E-state index in [1.807, 2.05) is 68.6 Å². The summed E-state index contributed by atoms with van der Waals surface area (Å²) in [5.74, 6) is -1.70. The number of rotatable bonds is 3. The van der Waals surface area contributed by atoms with Crippen molar-refractivity contribution in [2.24, 2.45) is 11.8 Å². The molecule has 0 aromatic heterocycles. The number of hydrogen-bond donors (Lipinski definition) is 2. The van der Waals surface area contributed by atoms with Gasteiger partial charge in [-0.25, -0.2) is 0 Å². The molecular weight excluding hydrogens is 378 g/mol. The van der Waals surface area contributed by atoms with E-state index in [1.54, 1.807) is 0 Å². The number of fused-ring (bicyclic) bond motifs is 4. The highest BCUT2D eigenvalue weighted by Crippen LogP contribution is 2.49. The molecule has 3 aliphatic heterocycles. The van der Waals surface area contributed by atoms with Gasteiger partial charge in [0.2, 0.25) is 17.4 Å². The summed E-state index contributed by atoms with van der Waals surface area (Å²) in [7, 11) is 0. The number of benzene rings is 2. The van der Waals surface area contributed by atoms with Gasteiger partial charge < -0.3 is 10.6 Å². The number of carbonyl (C=O) groups excluding carboxylic acids is 3. The minimum absolute atomic E-state index is 0.147. The van der Waals surface area contributed by atoms with Crippen LogP contribution < -0.4 is 10.6 Å². The van der Waals surface area contributed by atoms with Crippen LogP contribution in [0, 0.1) is 25.7 Å². The van der Waals surface area contributed by atoms with E-state index in [9.17, 15) is 14.4 Å². The van der Waals surface area contributed by atoms with Gasteiger partial charge in [-0.1, -0.05) is 36.4 Å². The summed E-state index contributed by atoms with van der Waals surface area (Å²) in [6.07, 6.45) is 0.615. The van der Waals surface area contributed by atoms with E-state index in [4.69, 9.17) is 0 Å². The zero-order chi connectivity index (χ0) is 21.2. The number of carbonyl (C=O) groups is 3. The molecule has 154 valence electrons. The van der Waals surface area contributed by atoms with E-state index in [1.165, 1.54) is 4.90 Å². The summed E-state index contributed by atoms with van der Waals surface area (Å²) in [4.78, 5) is 41.5. The van der Waals surface area contributed by atoms with Crippen LogP contribution in [0.25, 0.3) is 0 Å². The highest BCUT2D eigenvalue weighted by Gasteiger charge is 2.73. The van der Waals surface area contributed by atoms with Crippen molar-refractivity contribution in [1.82, 2.24) is 4.90 Å². The van der Waals surface area contributed by atoms with Crippen LogP contribution >= 0.6 is 0 Å². The van der Waals surface area contributed by atoms with Crippen LogP contribution in [0.5, 0.6) is 0 Å². The predicted octanol–water partition coefficient (Wildman–Crippen LogP) is 1.26. The zero-order valence-electron chi connectivity index (χ0n) is 17.4. The number of nitrogens with zero attached hydrogens (tertiary/aromatic N) is 1. The molecule has 0 unspecified atom stereocenters. The summed E-state index contributed by atoms with van der Waals surface area (Å²) >= 11 is 0. The third-order valence-corrected chi connectivity index (χ3v) is 7.29. The Kier molecular flexibility index (Phi) is 4.12. The molecule has 6 nitrogen and oxygen atoms in total. The maximum absolute atomic E-state index is 13.5. The smallest absolute Gasteiger partial charge is 0.291 e. The SMILES string of the molecule is Cc1ccc2c(c1C)NC(=O)[C@]21[NH2+][C@H](C)[C@H]2C(=O)N(CCc3ccccc3)C(=O)[C@H]21. The van der Waals surface area contributed by atoms with Gasteiger partial charge in [-0.2, -0.15) is 0 Å². The molecule has 30 heavy (non-hydrogen) atoms. The molecular formula is C24H26N3O3+. The molecule has 1 spiro atoms. The van der Waals surface area contributed by atoms with Gasteiger partial charge in [0.25, 0.3) is 5.91 Å². The Morgan fingerprint density at radius 3 is 2.50 bits per heavy atom. The lowest BCUT2D eigenvalue weighted by Gasteiger charge is -2.26. The fraction of sp³-hybridized carbons (Fsp3) is 0.375. The van der Waals surface area contributed by atoms with Gasteiger partial charge in [-0.15, -0.1) is 0 Å². The van der Waals surface area contributed by atoms with Crippen molar-refractivity contribution >= 4 is 23.4 Å². The van der Waals surface area contributed by atoms with Gasteiger partial charge in [0.15, 0.2) is 0 Å². The Labute approximate surface area is 175 Å². The van der Waals surface area contributed by atoms with E-state index in [0.717, 1.165) is 27.9 Å². The van der Waals surface area contributed by atoms with Crippen molar-refractivity contribution in [1.29, 1.82) is 0 Å². The second-order valence-corrected chi connectivity index (χ2v) is 8.85. The molecule has 2 fully saturated rings. The first-order valence-electron chi connectivity index (χ1n) is 10.5. The molecule has 4 atom stereocenters. The number of anilines is 1. The molecule has 2 saturated heterocycles. The molecule has 2 aromatic carbocycles. The monoisotopic (exact) mass is 404 g/mol. The lowest BCUT2D eigenvalue weighted by atomic mass is 9.76. The molecule has 2 aromatic rings. The van der Waals surface area contributed by atoms with Crippen LogP contribution in [0.2, 0.25) is 0 Å². The first-order chi connectivity index (χ1) is 14.4. The van der Waals surface area contributed by atoms with Crippen molar-refractivity contribution in [3.05, 3.63) is 64.7 Å². The van der Waals surface area contributed by atoms with E-state index in [-0.39, 0.29) is 23.8 Å². The number of imide groups is 1. The predicted molar refractivity (Wildman–Crippen MR) is 111 cm³/mol. The average molecular weight is 404 g/mol. The zero-order valence-corrected chi connectivity index (χ0v) is 17.4. The summed E-state index contributed by atoms with van der Waals surface area (Å²) < 4.78 is 0. The Morgan fingerprint density at radius 1 is 1.03 bits per heavy atom. The van der Waals surface area contributed by atoms with Crippen molar-refractivity contribution < 1.29 is 19.7 Å². The van der Waals surface area contributed by atoms with Gasteiger partial charge in [-0.05, 0) is 49.9 Å². The largest absolute Gasteiger partial charge is 0.326 e. The van der Waals surface area contributed by atoms with Gasteiger partial charge >= 0.3 is 0 Å². The Bertz CT molecular complexity index is 1080. The number of nitrogens with one attached hydrogen (secondary N) is 1. The summed E-state index contributed by atoms with van der Waals surface area (Å²) in [5, 5.41) is 4.98. The molecule has 3 amide bonds. The quantitative estimate of drug-likeness (QED) is 0.756. The standard InChI is InChI=1S/C24H25N3O3/c1-13-9-10-17-20(14(13)2)25-23(30)24(17)19-18(15(3)26-24)21(28)27(22(19)29)12-11-16-7-5-4-6-8-16/h4-10,15,18-19,26H,11-12H2,1-3H3,(H,25,30)/p+1/t15-,18-,19+,24+/m1/s1. The van der Waals surface area contributed by atoms with Crippen LogP contribution in [-0.2, 0) is 26.3 Å². The van der Waals surface area contributed by atoms with Crippen molar-refractivity contribution in [3.8, 4) is 0 Å². The first-order valence-corrected chi connectivity index (χ1v) is 10.5. The van der Waals surface area contributed by atoms with Gasteiger partial charge in [0.05, 0.1) is 11.7 Å². The number of likely N-dealkylation sites (tertiary alicyclic amines) is 1. The molecule has 3 heterocycles. The topological polar surface area (TPSA) is 83.1 Å². The summed E-state index contributed by atoms with van der Waals surface area (Å²) in [6, 6.07) is 13.6. The fourth-order valence-corrected chi connectivity index (χ4v) is 5.62. The number of amides is 3. The molecule has 5 rings (SSSR count). The van der Waals surface area contributed by atoms with Crippen LogP contribution in [0.3, 0.4) is 0 Å². The van der Waals surface area contributed by atoms with E-state index in [2.05, 4.69) is 5.32 Å². The van der Waals surface area contributed by atoms with Crippen LogP contribution in [-0.4, -0.2) is 35.2 Å². The Hall–Kier alpha value is -2.99. The molecule has 0 saturated carbocycles. The molecule has 0 bridgehead atoms. The maximum Gasteiger partial charge on any atom is 0.291 e. The number of quaternary nitrogens is 1. The Morgan fingerprint density at radius 2 is 1.77 bits per heavy atom. The number of nitrogens with two attached hydrogens (primary N) is 1. The van der Waals surface area contributed by atoms with Crippen LogP contribution in [0.1, 0.15) is 29.2 Å². The minimum atomic E-state index is -1.06. The lowest BCUT2D eigenvalue weighted by Crippen LogP contribution is -2.98. The highest BCUT2D eigenvalue weighted by molar-refractivity contribution is 6.14. The minimum Gasteiger partial charge on any atom is -0.326 e. The molecule has 6 heteroatoms. The number of aryl methyl sites for hydroxylation is 1. The van der Waals surface area contributed by atoms with E-state index in [0.29, 0.717) is 13.0 Å². The van der Waals surface area contributed by atoms with Crippen molar-refractivity contribution in [2.45, 2.75) is 38.8 Å². The second kappa shape index (κ2) is 6.51. The summed E-state index contributed by atoms with van der Waals surface area (Å²) in [5.41, 5.74) is 3.76. The lowest BCUT2D eigenvalue weighted by molar-refractivity contribution is -0.730. The number of hydrogen-bond acceptors (Lipinski definition) is 3. The Balaban J connectivity index is 1.53. The second-order valence-electron chi connectivity index (χ2n) is 8.85. The molecule has 3 aliphatic rings.